The molecule has 106 valence electrons. The molecule has 1 fully saturated rings. The minimum absolute atomic E-state index is 0.0700. The molecule has 0 aromatic carbocycles. The zero-order valence-corrected chi connectivity index (χ0v) is 11.9. The number of nitrogens with one attached hydrogen (secondary N) is 1. The molecule has 0 spiro atoms. The molecule has 1 heterocycles. The maximum atomic E-state index is 12.0. The van der Waals surface area contributed by atoms with Crippen LogP contribution < -0.4 is 10.9 Å². The first-order chi connectivity index (χ1) is 8.92. The second-order valence-corrected chi connectivity index (χ2v) is 7.05. The van der Waals surface area contributed by atoms with Gasteiger partial charge in [-0.15, -0.1) is 0 Å². The Bertz CT molecular complexity index is 605. The second-order valence-electron chi connectivity index (χ2n) is 4.74. The average molecular weight is 286 g/mol. The van der Waals surface area contributed by atoms with E-state index in [-0.39, 0.29) is 29.7 Å². The monoisotopic (exact) mass is 286 g/mol. The van der Waals surface area contributed by atoms with E-state index in [2.05, 4.69) is 10.3 Å². The number of aromatic nitrogens is 2. The van der Waals surface area contributed by atoms with Gasteiger partial charge in [0.25, 0.3) is 5.56 Å². The first-order valence-corrected chi connectivity index (χ1v) is 7.74. The lowest BCUT2D eigenvalue weighted by Crippen LogP contribution is -2.30. The lowest BCUT2D eigenvalue weighted by atomic mass is 10.5. The summed E-state index contributed by atoms with van der Waals surface area (Å²) in [5.74, 6) is 0.141. The number of nitrogens with zero attached hydrogens (tertiary/aromatic N) is 3. The fraction of sp³-hybridized carbons (Fsp3) is 0.636. The van der Waals surface area contributed by atoms with Gasteiger partial charge in [0, 0.05) is 39.1 Å². The Morgan fingerprint density at radius 1 is 1.47 bits per heavy atom. The van der Waals surface area contributed by atoms with Crippen LogP contribution in [0.3, 0.4) is 0 Å². The van der Waals surface area contributed by atoms with Gasteiger partial charge < -0.3 is 9.88 Å². The highest BCUT2D eigenvalue weighted by Gasteiger charge is 2.25. The molecule has 0 unspecified atom stereocenters. The van der Waals surface area contributed by atoms with Crippen molar-refractivity contribution in [3.63, 3.8) is 0 Å². The van der Waals surface area contributed by atoms with Crippen molar-refractivity contribution in [2.75, 3.05) is 31.7 Å². The van der Waals surface area contributed by atoms with Crippen molar-refractivity contribution in [1.29, 1.82) is 0 Å². The van der Waals surface area contributed by atoms with Crippen molar-refractivity contribution in [3.05, 3.63) is 22.7 Å². The SMILES string of the molecule is CN(C)S(=O)(=O)CCNc1nccn(C2CC2)c1=O. The lowest BCUT2D eigenvalue weighted by Gasteiger charge is -2.12. The van der Waals surface area contributed by atoms with Gasteiger partial charge >= 0.3 is 0 Å². The molecule has 2 rings (SSSR count). The molecular formula is C11H18N4O3S. The Morgan fingerprint density at radius 3 is 2.74 bits per heavy atom. The highest BCUT2D eigenvalue weighted by molar-refractivity contribution is 7.89. The quantitative estimate of drug-likeness (QED) is 0.788. The van der Waals surface area contributed by atoms with Crippen molar-refractivity contribution >= 4 is 15.8 Å². The Hall–Kier alpha value is -1.41. The highest BCUT2D eigenvalue weighted by atomic mass is 32.2. The Kier molecular flexibility index (Phi) is 3.91. The zero-order chi connectivity index (χ0) is 14.0. The summed E-state index contributed by atoms with van der Waals surface area (Å²) in [6.07, 6.45) is 5.25. The number of rotatable bonds is 6. The third kappa shape index (κ3) is 3.32. The molecule has 0 saturated heterocycles. The topological polar surface area (TPSA) is 84.3 Å². The van der Waals surface area contributed by atoms with Gasteiger partial charge in [-0.2, -0.15) is 0 Å². The van der Waals surface area contributed by atoms with Crippen LogP contribution in [0.2, 0.25) is 0 Å². The van der Waals surface area contributed by atoms with Crippen molar-refractivity contribution < 1.29 is 8.42 Å². The number of sulfonamides is 1. The maximum Gasteiger partial charge on any atom is 0.293 e. The van der Waals surface area contributed by atoms with Gasteiger partial charge in [-0.25, -0.2) is 17.7 Å². The standard InChI is InChI=1S/C11H18N4O3S/c1-14(2)19(17,18)8-6-13-10-11(16)15(7-5-12-10)9-3-4-9/h5,7,9H,3-4,6,8H2,1-2H3,(H,12,13). The predicted molar refractivity (Wildman–Crippen MR) is 72.7 cm³/mol. The van der Waals surface area contributed by atoms with Crippen LogP contribution in [0.25, 0.3) is 0 Å². The van der Waals surface area contributed by atoms with E-state index in [1.54, 1.807) is 17.0 Å². The normalized spacial score (nSPS) is 15.7. The average Bonchev–Trinajstić information content (AvgIpc) is 3.15. The summed E-state index contributed by atoms with van der Waals surface area (Å²) in [6.45, 7) is 0.164. The second kappa shape index (κ2) is 5.30. The van der Waals surface area contributed by atoms with E-state index >= 15 is 0 Å². The first-order valence-electron chi connectivity index (χ1n) is 6.13. The van der Waals surface area contributed by atoms with Gasteiger partial charge in [0.2, 0.25) is 10.0 Å². The molecule has 8 heteroatoms. The molecule has 1 aromatic heterocycles. The Balaban J connectivity index is 2.01. The van der Waals surface area contributed by atoms with E-state index < -0.39 is 10.0 Å². The first kappa shape index (κ1) is 14.0. The van der Waals surface area contributed by atoms with Gasteiger partial charge in [0.15, 0.2) is 5.82 Å². The number of hydrogen-bond donors (Lipinski definition) is 1. The summed E-state index contributed by atoms with van der Waals surface area (Å²) < 4.78 is 26.0. The van der Waals surface area contributed by atoms with E-state index in [9.17, 15) is 13.2 Å². The largest absolute Gasteiger partial charge is 0.364 e. The van der Waals surface area contributed by atoms with E-state index in [1.807, 2.05) is 0 Å². The van der Waals surface area contributed by atoms with Crippen LogP contribution in [0.1, 0.15) is 18.9 Å². The van der Waals surface area contributed by atoms with Crippen LogP contribution in [0.15, 0.2) is 17.2 Å². The molecule has 1 aliphatic rings. The van der Waals surface area contributed by atoms with Crippen LogP contribution in [-0.4, -0.2) is 48.7 Å². The fourth-order valence-electron chi connectivity index (χ4n) is 1.67. The molecule has 1 N–H and O–H groups in total. The summed E-state index contributed by atoms with van der Waals surface area (Å²) in [7, 11) is -0.296. The molecule has 0 radical (unpaired) electrons. The summed E-state index contributed by atoms with van der Waals surface area (Å²) in [6, 6.07) is 0.279. The summed E-state index contributed by atoms with van der Waals surface area (Å²) in [4.78, 5) is 16.0. The van der Waals surface area contributed by atoms with Gasteiger partial charge in [-0.05, 0) is 12.8 Å². The molecule has 1 aromatic rings. The lowest BCUT2D eigenvalue weighted by molar-refractivity contribution is 0.521. The van der Waals surface area contributed by atoms with Crippen molar-refractivity contribution in [2.45, 2.75) is 18.9 Å². The molecule has 19 heavy (non-hydrogen) atoms. The number of hydrogen-bond acceptors (Lipinski definition) is 5. The molecule has 7 nitrogen and oxygen atoms in total. The smallest absolute Gasteiger partial charge is 0.293 e. The molecular weight excluding hydrogens is 268 g/mol. The van der Waals surface area contributed by atoms with Gasteiger partial charge in [-0.1, -0.05) is 0 Å². The van der Waals surface area contributed by atoms with Gasteiger partial charge in [-0.3, -0.25) is 4.79 Å². The zero-order valence-electron chi connectivity index (χ0n) is 11.0. The van der Waals surface area contributed by atoms with Crippen LogP contribution in [0.4, 0.5) is 5.82 Å². The van der Waals surface area contributed by atoms with Crippen molar-refractivity contribution in [1.82, 2.24) is 13.9 Å². The molecule has 0 bridgehead atoms. The van der Waals surface area contributed by atoms with Crippen molar-refractivity contribution in [3.8, 4) is 0 Å². The third-order valence-corrected chi connectivity index (χ3v) is 4.85. The minimum Gasteiger partial charge on any atom is -0.364 e. The molecule has 0 atom stereocenters. The highest BCUT2D eigenvalue weighted by Crippen LogP contribution is 2.33. The van der Waals surface area contributed by atoms with Crippen LogP contribution in [0, 0.1) is 0 Å². The van der Waals surface area contributed by atoms with Crippen molar-refractivity contribution in [2.24, 2.45) is 0 Å². The minimum atomic E-state index is -3.26. The number of anilines is 1. The Labute approximate surface area is 112 Å². The van der Waals surface area contributed by atoms with Gasteiger partial charge in [0.1, 0.15) is 0 Å². The van der Waals surface area contributed by atoms with E-state index in [0.717, 1.165) is 17.1 Å². The predicted octanol–water partition coefficient (Wildman–Crippen LogP) is -0.118. The maximum absolute atomic E-state index is 12.0. The Morgan fingerprint density at radius 2 is 2.16 bits per heavy atom. The van der Waals surface area contributed by atoms with E-state index in [4.69, 9.17) is 0 Å². The molecule has 1 aliphatic carbocycles. The summed E-state index contributed by atoms with van der Waals surface area (Å²) >= 11 is 0. The van der Waals surface area contributed by atoms with Gasteiger partial charge in [0.05, 0.1) is 5.75 Å². The van der Waals surface area contributed by atoms with E-state index in [1.165, 1.54) is 14.1 Å². The van der Waals surface area contributed by atoms with Crippen LogP contribution >= 0.6 is 0 Å². The van der Waals surface area contributed by atoms with Crippen LogP contribution in [-0.2, 0) is 10.0 Å². The summed E-state index contributed by atoms with van der Waals surface area (Å²) in [5.41, 5.74) is -0.188. The van der Waals surface area contributed by atoms with E-state index in [0.29, 0.717) is 0 Å². The molecule has 0 aliphatic heterocycles. The molecule has 0 amide bonds. The third-order valence-electron chi connectivity index (χ3n) is 3.02. The fourth-order valence-corrected chi connectivity index (χ4v) is 2.39. The van der Waals surface area contributed by atoms with Crippen LogP contribution in [0.5, 0.6) is 0 Å². The summed E-state index contributed by atoms with van der Waals surface area (Å²) in [5, 5.41) is 2.80. The molecule has 1 saturated carbocycles.